The lowest BCUT2D eigenvalue weighted by molar-refractivity contribution is 0.0160. The van der Waals surface area contributed by atoms with Crippen molar-refractivity contribution in [3.05, 3.63) is 35.4 Å². The average molecular weight is 358 g/mol. The van der Waals surface area contributed by atoms with Crippen molar-refractivity contribution in [2.24, 2.45) is 0 Å². The number of aromatic nitrogens is 3. The Morgan fingerprint density at radius 2 is 2.19 bits per heavy atom. The van der Waals surface area contributed by atoms with Gasteiger partial charge in [-0.1, -0.05) is 6.07 Å². The number of aromatic amines is 1. The zero-order chi connectivity index (χ0) is 18.3. The molecule has 1 aromatic heterocycles. The number of hydrogen-bond donors (Lipinski definition) is 3. The molecule has 26 heavy (non-hydrogen) atoms. The van der Waals surface area contributed by atoms with Crippen LogP contribution in [0, 0.1) is 0 Å². The zero-order valence-electron chi connectivity index (χ0n) is 13.6. The van der Waals surface area contributed by atoms with Crippen LogP contribution >= 0.6 is 0 Å². The van der Waals surface area contributed by atoms with Gasteiger partial charge in [0.1, 0.15) is 29.5 Å². The van der Waals surface area contributed by atoms with E-state index in [1.165, 1.54) is 11.2 Å². The molecule has 4 rings (SSSR count). The van der Waals surface area contributed by atoms with Crippen molar-refractivity contribution in [1.29, 1.82) is 0 Å². The first-order valence-electron chi connectivity index (χ1n) is 8.08. The molecule has 1 fully saturated rings. The van der Waals surface area contributed by atoms with Gasteiger partial charge in [-0.25, -0.2) is 9.78 Å². The second kappa shape index (κ2) is 6.34. The fraction of sp³-hybridized carbons (Fsp3) is 0.333. The van der Waals surface area contributed by atoms with E-state index in [4.69, 9.17) is 9.39 Å². The lowest BCUT2D eigenvalue weighted by Crippen LogP contribution is -2.56. The summed E-state index contributed by atoms with van der Waals surface area (Å²) in [6.45, 7) is 0.609. The molecule has 2 aliphatic rings. The number of carboxylic acids is 1. The Morgan fingerprint density at radius 1 is 1.38 bits per heavy atom. The van der Waals surface area contributed by atoms with Crippen LogP contribution in [0.5, 0.6) is 11.5 Å². The number of hydrogen-bond acceptors (Lipinski definition) is 7. The Bertz CT molecular complexity index is 852. The molecule has 0 spiro atoms. The third kappa shape index (κ3) is 2.86. The molecule has 134 valence electrons. The van der Waals surface area contributed by atoms with Crippen molar-refractivity contribution in [3.8, 4) is 11.5 Å². The fourth-order valence-corrected chi connectivity index (χ4v) is 3.03. The number of aromatic carboxylic acids is 1. The normalized spacial score (nSPS) is 16.5. The summed E-state index contributed by atoms with van der Waals surface area (Å²) in [5, 5.41) is 25.4. The van der Waals surface area contributed by atoms with Gasteiger partial charge in [0.15, 0.2) is 0 Å². The van der Waals surface area contributed by atoms with Gasteiger partial charge < -0.3 is 24.4 Å². The van der Waals surface area contributed by atoms with Crippen molar-refractivity contribution in [2.45, 2.75) is 18.8 Å². The highest BCUT2D eigenvalue weighted by atomic mass is 16.5. The van der Waals surface area contributed by atoms with Gasteiger partial charge in [0.25, 0.3) is 5.91 Å². The van der Waals surface area contributed by atoms with E-state index < -0.39 is 13.1 Å². The summed E-state index contributed by atoms with van der Waals surface area (Å²) in [5.74, 6) is -1.05. The Labute approximate surface area is 147 Å². The van der Waals surface area contributed by atoms with Crippen LogP contribution in [-0.4, -0.2) is 68.4 Å². The van der Waals surface area contributed by atoms with Crippen LogP contribution in [0.1, 0.15) is 26.5 Å². The van der Waals surface area contributed by atoms with Gasteiger partial charge in [-0.05, 0) is 24.4 Å². The fourth-order valence-electron chi connectivity index (χ4n) is 3.03. The molecule has 2 aromatic rings. The largest absolute Gasteiger partial charge is 0.535 e. The minimum Gasteiger partial charge on any atom is -0.535 e. The maximum Gasteiger partial charge on any atom is 0.522 e. The van der Waals surface area contributed by atoms with E-state index in [0.29, 0.717) is 25.8 Å². The summed E-state index contributed by atoms with van der Waals surface area (Å²) in [7, 11) is -1.03. The molecule has 1 saturated heterocycles. The zero-order valence-corrected chi connectivity index (χ0v) is 13.6. The number of aryl methyl sites for hydroxylation is 1. The molecule has 0 bridgehead atoms. The van der Waals surface area contributed by atoms with Crippen LogP contribution in [0.2, 0.25) is 6.32 Å². The van der Waals surface area contributed by atoms with Gasteiger partial charge in [-0.3, -0.25) is 9.89 Å². The van der Waals surface area contributed by atoms with Crippen LogP contribution in [0.3, 0.4) is 0 Å². The van der Waals surface area contributed by atoms with Gasteiger partial charge in [0.2, 0.25) is 5.82 Å². The summed E-state index contributed by atoms with van der Waals surface area (Å²) < 4.78 is 11.1. The minimum absolute atomic E-state index is 0.110. The van der Waals surface area contributed by atoms with E-state index in [2.05, 4.69) is 15.2 Å². The number of nitrogens with zero attached hydrogens (tertiary/aromatic N) is 3. The molecule has 0 saturated carbocycles. The Morgan fingerprint density at radius 3 is 2.88 bits per heavy atom. The number of fused-ring (bicyclic) bond motifs is 1. The van der Waals surface area contributed by atoms with E-state index >= 15 is 0 Å². The number of carbonyl (C=O) groups excluding carboxylic acids is 1. The van der Waals surface area contributed by atoms with Crippen molar-refractivity contribution in [2.75, 3.05) is 13.1 Å². The number of likely N-dealkylation sites (tertiary alicyclic amines) is 1. The molecule has 0 aliphatic carbocycles. The molecule has 0 radical (unpaired) electrons. The van der Waals surface area contributed by atoms with Crippen molar-refractivity contribution >= 4 is 19.0 Å². The second-order valence-corrected chi connectivity index (χ2v) is 6.13. The number of carbonyl (C=O) groups is 2. The summed E-state index contributed by atoms with van der Waals surface area (Å²) in [5.41, 5.74) is 0.608. The van der Waals surface area contributed by atoms with E-state index in [9.17, 15) is 19.7 Å². The van der Waals surface area contributed by atoms with Gasteiger partial charge in [0, 0.05) is 0 Å². The molecule has 10 nitrogen and oxygen atoms in total. The van der Waals surface area contributed by atoms with Crippen LogP contribution in [0.25, 0.3) is 0 Å². The molecule has 0 atom stereocenters. The third-order valence-electron chi connectivity index (χ3n) is 4.38. The second-order valence-electron chi connectivity index (χ2n) is 6.13. The van der Waals surface area contributed by atoms with Crippen LogP contribution in [-0.2, 0) is 6.42 Å². The number of nitrogens with one attached hydrogen (secondary N) is 1. The minimum atomic E-state index is -1.19. The maximum absolute atomic E-state index is 12.1. The first kappa shape index (κ1) is 16.4. The van der Waals surface area contributed by atoms with Crippen LogP contribution in [0.15, 0.2) is 18.5 Å². The SMILES string of the molecule is O=C(O)c1c(OC2CN(C(=O)c3ncn[nH]3)C2)ccc2c1OB(O)CC2. The highest BCUT2D eigenvalue weighted by molar-refractivity contribution is 6.44. The van der Waals surface area contributed by atoms with Gasteiger partial charge >= 0.3 is 13.1 Å². The monoisotopic (exact) mass is 358 g/mol. The predicted octanol–water partition coefficient (Wildman–Crippen LogP) is -0.178. The number of rotatable bonds is 4. The average Bonchev–Trinajstić information content (AvgIpc) is 3.10. The number of ether oxygens (including phenoxy) is 1. The quantitative estimate of drug-likeness (QED) is 0.640. The summed E-state index contributed by atoms with van der Waals surface area (Å²) in [4.78, 5) is 29.1. The third-order valence-corrected chi connectivity index (χ3v) is 4.38. The number of amides is 1. The standard InChI is InChI=1S/C15H15BN4O6/c21-14(13-17-7-18-19-13)20-5-9(6-20)25-10-2-1-8-3-4-16(24)26-12(8)11(10)15(22)23/h1-2,7,9,24H,3-6H2,(H,22,23)(H,17,18,19). The van der Waals surface area contributed by atoms with Gasteiger partial charge in [-0.2, -0.15) is 5.10 Å². The Kier molecular flexibility index (Phi) is 4.00. The lowest BCUT2D eigenvalue weighted by Gasteiger charge is -2.38. The first-order valence-corrected chi connectivity index (χ1v) is 8.08. The molecular weight excluding hydrogens is 343 g/mol. The van der Waals surface area contributed by atoms with Gasteiger partial charge in [-0.15, -0.1) is 0 Å². The maximum atomic E-state index is 12.1. The topological polar surface area (TPSA) is 138 Å². The molecule has 1 aromatic carbocycles. The van der Waals surface area contributed by atoms with Crippen molar-refractivity contribution in [3.63, 3.8) is 0 Å². The van der Waals surface area contributed by atoms with E-state index in [0.717, 1.165) is 5.56 Å². The Balaban J connectivity index is 1.48. The lowest BCUT2D eigenvalue weighted by atomic mass is 9.78. The molecule has 1 amide bonds. The Hall–Kier alpha value is -3.08. The van der Waals surface area contributed by atoms with Crippen LogP contribution in [0.4, 0.5) is 0 Å². The molecule has 0 unspecified atom stereocenters. The van der Waals surface area contributed by atoms with Gasteiger partial charge in [0.05, 0.1) is 13.1 Å². The number of carboxylic acid groups (broad SMARTS) is 1. The summed E-state index contributed by atoms with van der Waals surface area (Å²) >= 11 is 0. The molecule has 3 N–H and O–H groups in total. The predicted molar refractivity (Wildman–Crippen MR) is 87.2 cm³/mol. The van der Waals surface area contributed by atoms with Crippen molar-refractivity contribution in [1.82, 2.24) is 20.1 Å². The van der Waals surface area contributed by atoms with E-state index in [1.807, 2.05) is 0 Å². The molecule has 11 heteroatoms. The van der Waals surface area contributed by atoms with Crippen LogP contribution < -0.4 is 9.39 Å². The highest BCUT2D eigenvalue weighted by Gasteiger charge is 2.36. The molecule has 2 aliphatic heterocycles. The highest BCUT2D eigenvalue weighted by Crippen LogP contribution is 2.37. The molecule has 3 heterocycles. The van der Waals surface area contributed by atoms with E-state index in [1.54, 1.807) is 12.1 Å². The smallest absolute Gasteiger partial charge is 0.522 e. The number of benzene rings is 1. The van der Waals surface area contributed by atoms with Crippen molar-refractivity contribution < 1.29 is 29.1 Å². The summed E-state index contributed by atoms with van der Waals surface area (Å²) in [6, 6.07) is 3.32. The number of H-pyrrole nitrogens is 1. The van der Waals surface area contributed by atoms with E-state index in [-0.39, 0.29) is 34.9 Å². The first-order chi connectivity index (χ1) is 12.5. The molecular formula is C15H15BN4O6. The summed E-state index contributed by atoms with van der Waals surface area (Å²) in [6.07, 6.45) is 1.85.